The molecule has 0 amide bonds. The highest BCUT2D eigenvalue weighted by atomic mass is 32.1. The van der Waals surface area contributed by atoms with Crippen LogP contribution in [0.25, 0.3) is 51.5 Å². The molecule has 0 aliphatic heterocycles. The van der Waals surface area contributed by atoms with Gasteiger partial charge in [0.2, 0.25) is 11.6 Å². The summed E-state index contributed by atoms with van der Waals surface area (Å²) in [5, 5.41) is 4.63. The summed E-state index contributed by atoms with van der Waals surface area (Å²) in [6.45, 7) is 4.24. The molecule has 0 saturated carbocycles. The second-order valence-corrected chi connectivity index (χ2v) is 12.4. The van der Waals surface area contributed by atoms with Crippen LogP contribution in [-0.2, 0) is 0 Å². The van der Waals surface area contributed by atoms with Crippen molar-refractivity contribution in [1.29, 1.82) is 0 Å². The van der Waals surface area contributed by atoms with Gasteiger partial charge in [-0.05, 0) is 50.2 Å². The van der Waals surface area contributed by atoms with Crippen molar-refractivity contribution < 1.29 is 9.59 Å². The van der Waals surface area contributed by atoms with E-state index >= 15 is 0 Å². The third-order valence-electron chi connectivity index (χ3n) is 5.82. The molecule has 2 aromatic carbocycles. The lowest BCUT2D eigenvalue weighted by Crippen LogP contribution is -2.17. The first-order valence-electron chi connectivity index (χ1n) is 9.52. The van der Waals surface area contributed by atoms with Gasteiger partial charge in [-0.25, -0.2) is 0 Å². The van der Waals surface area contributed by atoms with Gasteiger partial charge in [-0.1, -0.05) is 0 Å². The Bertz CT molecular complexity index is 1620. The third kappa shape index (κ3) is 2.02. The number of Topliss-reactive ketones (excluding diaryl/α,β-unsaturated/α-hetero) is 2. The highest BCUT2D eigenvalue weighted by Crippen LogP contribution is 2.53. The summed E-state index contributed by atoms with van der Waals surface area (Å²) in [4.78, 5) is 29.9. The summed E-state index contributed by atoms with van der Waals surface area (Å²) >= 11 is 6.47. The third-order valence-corrected chi connectivity index (χ3v) is 10.2. The second-order valence-electron chi connectivity index (χ2n) is 7.69. The maximum atomic E-state index is 13.1. The van der Waals surface area contributed by atoms with Crippen LogP contribution >= 0.6 is 45.3 Å². The minimum atomic E-state index is -0.358. The van der Waals surface area contributed by atoms with Gasteiger partial charge >= 0.3 is 0 Å². The van der Waals surface area contributed by atoms with Crippen molar-refractivity contribution in [3.8, 4) is 11.1 Å². The molecule has 0 bridgehead atoms. The molecular weight excluding hydrogens is 449 g/mol. The zero-order chi connectivity index (χ0) is 20.3. The van der Waals surface area contributed by atoms with Crippen molar-refractivity contribution in [2.24, 2.45) is 0 Å². The van der Waals surface area contributed by atoms with Crippen LogP contribution in [0, 0.1) is 13.8 Å². The average molecular weight is 461 g/mol. The molecule has 1 aliphatic rings. The van der Waals surface area contributed by atoms with E-state index in [2.05, 4.69) is 50.2 Å². The Morgan fingerprint density at radius 1 is 0.567 bits per heavy atom. The number of ketones is 2. The lowest BCUT2D eigenvalue weighted by Gasteiger charge is -2.12. The van der Waals surface area contributed by atoms with Crippen LogP contribution in [0.3, 0.4) is 0 Å². The van der Waals surface area contributed by atoms with Crippen molar-refractivity contribution >= 4 is 97.3 Å². The lowest BCUT2D eigenvalue weighted by atomic mass is 9.89. The van der Waals surface area contributed by atoms with Gasteiger partial charge in [0.15, 0.2) is 0 Å². The van der Waals surface area contributed by atoms with E-state index in [0.717, 1.165) is 31.3 Å². The molecule has 4 heterocycles. The van der Waals surface area contributed by atoms with E-state index < -0.39 is 0 Å². The standard InChI is InChI=1S/C24H12O2S4/c1-9-7-11-13(27-9)3-5-15-17(11)19-20-18-12-8-10(2)28-14(12)4-6-16(18)30-24(20)22(26)21(25)23(19)29-15/h3-8H,1-2H3. The van der Waals surface area contributed by atoms with E-state index in [1.54, 1.807) is 22.7 Å². The van der Waals surface area contributed by atoms with Crippen LogP contribution in [0.5, 0.6) is 0 Å². The predicted octanol–water partition coefficient (Wildman–Crippen LogP) is 8.21. The van der Waals surface area contributed by atoms with E-state index in [4.69, 9.17) is 0 Å². The zero-order valence-electron chi connectivity index (χ0n) is 15.9. The SMILES string of the molecule is Cc1cc2c(ccc3sc4c(c32)-c2c(sc3ccc5sc(C)cc5c23)C(=O)C4=O)s1. The van der Waals surface area contributed by atoms with Crippen molar-refractivity contribution in [3.63, 3.8) is 0 Å². The zero-order valence-corrected chi connectivity index (χ0v) is 19.2. The van der Waals surface area contributed by atoms with E-state index in [1.165, 1.54) is 52.6 Å². The fourth-order valence-corrected chi connectivity index (χ4v) is 8.86. The van der Waals surface area contributed by atoms with Crippen LogP contribution in [-0.4, -0.2) is 11.6 Å². The summed E-state index contributed by atoms with van der Waals surface area (Å²) in [6.07, 6.45) is 0. The van der Waals surface area contributed by atoms with Gasteiger partial charge in [-0.2, -0.15) is 0 Å². The minimum absolute atomic E-state index is 0.358. The van der Waals surface area contributed by atoms with Crippen LogP contribution in [0.4, 0.5) is 0 Å². The maximum absolute atomic E-state index is 13.1. The fourth-order valence-electron chi connectivity index (χ4n) is 4.68. The van der Waals surface area contributed by atoms with Crippen molar-refractivity contribution in [2.75, 3.05) is 0 Å². The first kappa shape index (κ1) is 17.3. The molecule has 0 fully saturated rings. The fraction of sp³-hybridized carbons (Fsp3) is 0.0833. The molecule has 0 atom stereocenters. The predicted molar refractivity (Wildman–Crippen MR) is 132 cm³/mol. The molecule has 144 valence electrons. The van der Waals surface area contributed by atoms with Crippen LogP contribution < -0.4 is 0 Å². The van der Waals surface area contributed by atoms with E-state index in [1.807, 2.05) is 0 Å². The smallest absolute Gasteiger partial charge is 0.244 e. The summed E-state index contributed by atoms with van der Waals surface area (Å²) < 4.78 is 4.60. The first-order valence-corrected chi connectivity index (χ1v) is 12.8. The summed E-state index contributed by atoms with van der Waals surface area (Å²) in [7, 11) is 0. The number of carbonyl (C=O) groups is 2. The van der Waals surface area contributed by atoms with Gasteiger partial charge in [0.05, 0.1) is 9.75 Å². The lowest BCUT2D eigenvalue weighted by molar-refractivity contribution is 0.0820. The molecule has 2 nitrogen and oxygen atoms in total. The Labute approximate surface area is 187 Å². The van der Waals surface area contributed by atoms with Gasteiger partial charge in [0, 0.05) is 61.2 Å². The van der Waals surface area contributed by atoms with Gasteiger partial charge in [-0.15, -0.1) is 45.3 Å². The number of carbonyl (C=O) groups excluding carboxylic acids is 2. The number of thiophene rings is 4. The topological polar surface area (TPSA) is 34.1 Å². The van der Waals surface area contributed by atoms with Crippen molar-refractivity contribution in [1.82, 2.24) is 0 Å². The Morgan fingerprint density at radius 3 is 1.40 bits per heavy atom. The average Bonchev–Trinajstić information content (AvgIpc) is 3.44. The highest BCUT2D eigenvalue weighted by molar-refractivity contribution is 7.26. The molecule has 30 heavy (non-hydrogen) atoms. The molecule has 0 unspecified atom stereocenters. The van der Waals surface area contributed by atoms with E-state index in [9.17, 15) is 9.59 Å². The quantitative estimate of drug-likeness (QED) is 0.214. The molecule has 0 N–H and O–H groups in total. The van der Waals surface area contributed by atoms with Crippen LogP contribution in [0.2, 0.25) is 0 Å². The second kappa shape index (κ2) is 5.65. The largest absolute Gasteiger partial charge is 0.284 e. The van der Waals surface area contributed by atoms with Gasteiger partial charge in [-0.3, -0.25) is 9.59 Å². The van der Waals surface area contributed by atoms with Crippen molar-refractivity contribution in [3.05, 3.63) is 55.9 Å². The van der Waals surface area contributed by atoms with Gasteiger partial charge in [0.25, 0.3) is 0 Å². The Hall–Kier alpha value is -2.38. The van der Waals surface area contributed by atoms with Crippen LogP contribution in [0.15, 0.2) is 36.4 Å². The van der Waals surface area contributed by atoms with Crippen molar-refractivity contribution in [2.45, 2.75) is 13.8 Å². The van der Waals surface area contributed by atoms with Gasteiger partial charge < -0.3 is 0 Å². The minimum Gasteiger partial charge on any atom is -0.284 e. The molecule has 7 rings (SSSR count). The summed E-state index contributed by atoms with van der Waals surface area (Å²) in [5.74, 6) is -0.716. The first-order chi connectivity index (χ1) is 14.5. The van der Waals surface area contributed by atoms with E-state index in [0.29, 0.717) is 9.75 Å². The monoisotopic (exact) mass is 460 g/mol. The Morgan fingerprint density at radius 2 is 0.967 bits per heavy atom. The maximum Gasteiger partial charge on any atom is 0.244 e. The normalized spacial score (nSPS) is 13.8. The molecule has 0 saturated heterocycles. The number of benzene rings is 2. The Balaban J connectivity index is 1.77. The molecule has 0 radical (unpaired) electrons. The number of hydrogen-bond acceptors (Lipinski definition) is 6. The number of fused-ring (bicyclic) bond motifs is 11. The highest BCUT2D eigenvalue weighted by Gasteiger charge is 2.37. The molecule has 6 aromatic rings. The van der Waals surface area contributed by atoms with Crippen LogP contribution in [0.1, 0.15) is 29.1 Å². The molecule has 1 aliphatic carbocycles. The number of rotatable bonds is 0. The van der Waals surface area contributed by atoms with E-state index in [-0.39, 0.29) is 11.6 Å². The molecular formula is C24H12O2S4. The Kier molecular flexibility index (Phi) is 3.26. The van der Waals surface area contributed by atoms with Gasteiger partial charge in [0.1, 0.15) is 0 Å². The molecule has 6 heteroatoms. The summed E-state index contributed by atoms with van der Waals surface area (Å²) in [6, 6.07) is 12.9. The molecule has 4 aromatic heterocycles. The molecule has 0 spiro atoms. The number of hydrogen-bond donors (Lipinski definition) is 0. The summed E-state index contributed by atoms with van der Waals surface area (Å²) in [5.41, 5.74) is 1.95. The number of aryl methyl sites for hydroxylation is 2.